The zero-order chi connectivity index (χ0) is 16.8. The van der Waals surface area contributed by atoms with Crippen LogP contribution in [0.3, 0.4) is 0 Å². The van der Waals surface area contributed by atoms with Crippen molar-refractivity contribution in [2.75, 3.05) is 0 Å². The minimum absolute atomic E-state index is 0.329. The Bertz CT molecular complexity index is 758. The first-order chi connectivity index (χ1) is 10.8. The van der Waals surface area contributed by atoms with Crippen molar-refractivity contribution in [1.29, 1.82) is 0 Å². The van der Waals surface area contributed by atoms with Crippen molar-refractivity contribution in [2.45, 2.75) is 59.0 Å². The van der Waals surface area contributed by atoms with Crippen molar-refractivity contribution in [3.8, 4) is 0 Å². The summed E-state index contributed by atoms with van der Waals surface area (Å²) in [5, 5.41) is 1.08. The number of pyridine rings is 1. The molecule has 124 valence electrons. The highest BCUT2D eigenvalue weighted by Crippen LogP contribution is 2.35. The van der Waals surface area contributed by atoms with Crippen molar-refractivity contribution in [3.05, 3.63) is 28.0 Å². The summed E-state index contributed by atoms with van der Waals surface area (Å²) in [7, 11) is 0. The van der Waals surface area contributed by atoms with E-state index in [0.29, 0.717) is 11.6 Å². The first-order valence-corrected chi connectivity index (χ1v) is 9.01. The molecule has 1 atom stereocenters. The van der Waals surface area contributed by atoms with Gasteiger partial charge in [-0.25, -0.2) is 14.3 Å². The zero-order valence-corrected chi connectivity index (χ0v) is 15.7. The standard InChI is InChI=1S/C18H23BrN2O2/c1-5-11-6-8-14-13(10-11)12-7-9-15(19)20-16(12)21(14)17(22)23-18(2,3)4/h7,9,11H,5-6,8,10H2,1-4H3. The van der Waals surface area contributed by atoms with Crippen LogP contribution in [-0.2, 0) is 17.6 Å². The molecule has 0 fully saturated rings. The molecule has 2 aromatic heterocycles. The van der Waals surface area contributed by atoms with E-state index >= 15 is 0 Å². The third kappa shape index (κ3) is 3.16. The van der Waals surface area contributed by atoms with Gasteiger partial charge in [0.25, 0.3) is 0 Å². The summed E-state index contributed by atoms with van der Waals surface area (Å²) >= 11 is 3.42. The molecule has 1 aliphatic carbocycles. The molecule has 0 radical (unpaired) electrons. The number of fused-ring (bicyclic) bond motifs is 3. The van der Waals surface area contributed by atoms with Crippen molar-refractivity contribution in [3.63, 3.8) is 0 Å². The lowest BCUT2D eigenvalue weighted by Crippen LogP contribution is -2.29. The van der Waals surface area contributed by atoms with Gasteiger partial charge in [-0.1, -0.05) is 13.3 Å². The molecule has 1 unspecified atom stereocenters. The number of nitrogens with zero attached hydrogens (tertiary/aromatic N) is 2. The summed E-state index contributed by atoms with van der Waals surface area (Å²) in [5.74, 6) is 0.684. The van der Waals surface area contributed by atoms with Crippen LogP contribution < -0.4 is 0 Å². The van der Waals surface area contributed by atoms with Crippen LogP contribution in [0.4, 0.5) is 4.79 Å². The van der Waals surface area contributed by atoms with E-state index in [2.05, 4.69) is 33.9 Å². The van der Waals surface area contributed by atoms with Gasteiger partial charge in [0.1, 0.15) is 10.2 Å². The van der Waals surface area contributed by atoms with Gasteiger partial charge in [0.05, 0.1) is 0 Å². The summed E-state index contributed by atoms with van der Waals surface area (Å²) in [6.07, 6.45) is 3.87. The maximum absolute atomic E-state index is 12.8. The lowest BCUT2D eigenvalue weighted by atomic mass is 9.85. The predicted octanol–water partition coefficient (Wildman–Crippen LogP) is 5.10. The Balaban J connectivity index is 2.17. The molecule has 2 heterocycles. The van der Waals surface area contributed by atoms with E-state index < -0.39 is 5.60 Å². The molecule has 1 aliphatic rings. The largest absolute Gasteiger partial charge is 0.443 e. The van der Waals surface area contributed by atoms with Crippen LogP contribution in [0.15, 0.2) is 16.7 Å². The molecular formula is C18H23BrN2O2. The smallest absolute Gasteiger partial charge is 0.420 e. The van der Waals surface area contributed by atoms with Crippen LogP contribution in [0.5, 0.6) is 0 Å². The van der Waals surface area contributed by atoms with E-state index in [9.17, 15) is 4.79 Å². The molecule has 2 aromatic rings. The van der Waals surface area contributed by atoms with E-state index in [-0.39, 0.29) is 6.09 Å². The topological polar surface area (TPSA) is 44.1 Å². The van der Waals surface area contributed by atoms with Crippen LogP contribution in [-0.4, -0.2) is 21.2 Å². The number of ether oxygens (including phenoxy) is 1. The average molecular weight is 379 g/mol. The van der Waals surface area contributed by atoms with Gasteiger partial charge in [0.2, 0.25) is 0 Å². The van der Waals surface area contributed by atoms with E-state index in [0.717, 1.165) is 34.9 Å². The van der Waals surface area contributed by atoms with Crippen molar-refractivity contribution >= 4 is 33.1 Å². The maximum Gasteiger partial charge on any atom is 0.420 e. The number of carbonyl (C=O) groups is 1. The molecule has 3 rings (SSSR count). The van der Waals surface area contributed by atoms with Gasteiger partial charge in [-0.2, -0.15) is 0 Å². The van der Waals surface area contributed by atoms with Gasteiger partial charge in [-0.15, -0.1) is 0 Å². The third-order valence-electron chi connectivity index (χ3n) is 4.43. The van der Waals surface area contributed by atoms with Crippen LogP contribution >= 0.6 is 15.9 Å². The second kappa shape index (κ2) is 5.93. The Labute approximate surface area is 145 Å². The fourth-order valence-corrected chi connectivity index (χ4v) is 3.62. The second-order valence-electron chi connectivity index (χ2n) is 7.26. The molecule has 0 aliphatic heterocycles. The molecule has 0 saturated carbocycles. The Kier molecular flexibility index (Phi) is 4.25. The summed E-state index contributed by atoms with van der Waals surface area (Å²) < 4.78 is 8.04. The average Bonchev–Trinajstić information content (AvgIpc) is 2.77. The van der Waals surface area contributed by atoms with Crippen molar-refractivity contribution < 1.29 is 9.53 Å². The summed E-state index contributed by atoms with van der Waals surface area (Å²) in [5.41, 5.74) is 2.52. The molecule has 0 saturated heterocycles. The van der Waals surface area contributed by atoms with Gasteiger partial charge < -0.3 is 4.74 Å². The number of halogens is 1. The molecule has 0 aromatic carbocycles. The molecule has 5 heteroatoms. The number of rotatable bonds is 1. The summed E-state index contributed by atoms with van der Waals surface area (Å²) in [4.78, 5) is 17.3. The van der Waals surface area contributed by atoms with Crippen molar-refractivity contribution in [2.24, 2.45) is 5.92 Å². The quantitative estimate of drug-likeness (QED) is 0.648. The van der Waals surface area contributed by atoms with Gasteiger partial charge >= 0.3 is 6.09 Å². The summed E-state index contributed by atoms with van der Waals surface area (Å²) in [6, 6.07) is 4.00. The first kappa shape index (κ1) is 16.5. The fourth-order valence-electron chi connectivity index (χ4n) is 3.32. The Hall–Kier alpha value is -1.36. The fraction of sp³-hybridized carbons (Fsp3) is 0.556. The molecule has 0 N–H and O–H groups in total. The SMILES string of the molecule is CCC1CCc2c(c3ccc(Br)nc3n2C(=O)OC(C)(C)C)C1. The lowest BCUT2D eigenvalue weighted by molar-refractivity contribution is 0.0538. The number of carbonyl (C=O) groups excluding carboxylic acids is 1. The first-order valence-electron chi connectivity index (χ1n) is 8.22. The van der Waals surface area contributed by atoms with E-state index in [4.69, 9.17) is 4.74 Å². The maximum atomic E-state index is 12.8. The van der Waals surface area contributed by atoms with Gasteiger partial charge in [0.15, 0.2) is 5.65 Å². The minimum atomic E-state index is -0.521. The third-order valence-corrected chi connectivity index (χ3v) is 4.87. The highest BCUT2D eigenvalue weighted by Gasteiger charge is 2.30. The predicted molar refractivity (Wildman–Crippen MR) is 94.9 cm³/mol. The minimum Gasteiger partial charge on any atom is -0.443 e. The molecular weight excluding hydrogens is 356 g/mol. The van der Waals surface area contributed by atoms with E-state index in [1.807, 2.05) is 26.8 Å². The molecule has 0 amide bonds. The molecule has 23 heavy (non-hydrogen) atoms. The highest BCUT2D eigenvalue weighted by atomic mass is 79.9. The number of hydrogen-bond donors (Lipinski definition) is 0. The van der Waals surface area contributed by atoms with Crippen LogP contribution in [0.1, 0.15) is 51.8 Å². The number of aromatic nitrogens is 2. The van der Waals surface area contributed by atoms with Gasteiger partial charge in [-0.05, 0) is 79.6 Å². The molecule has 0 bridgehead atoms. The van der Waals surface area contributed by atoms with E-state index in [1.165, 1.54) is 12.0 Å². The van der Waals surface area contributed by atoms with Crippen LogP contribution in [0.25, 0.3) is 11.0 Å². The number of hydrogen-bond acceptors (Lipinski definition) is 3. The highest BCUT2D eigenvalue weighted by molar-refractivity contribution is 9.10. The van der Waals surface area contributed by atoms with Crippen LogP contribution in [0, 0.1) is 5.92 Å². The molecule has 4 nitrogen and oxygen atoms in total. The van der Waals surface area contributed by atoms with Crippen molar-refractivity contribution in [1.82, 2.24) is 9.55 Å². The van der Waals surface area contributed by atoms with E-state index in [1.54, 1.807) is 4.57 Å². The van der Waals surface area contributed by atoms with Crippen LogP contribution in [0.2, 0.25) is 0 Å². The van der Waals surface area contributed by atoms with Gasteiger partial charge in [-0.3, -0.25) is 0 Å². The Morgan fingerprint density at radius 1 is 1.43 bits per heavy atom. The second-order valence-corrected chi connectivity index (χ2v) is 8.08. The summed E-state index contributed by atoms with van der Waals surface area (Å²) in [6.45, 7) is 7.90. The zero-order valence-electron chi connectivity index (χ0n) is 14.1. The normalized spacial score (nSPS) is 18.0. The monoisotopic (exact) mass is 378 g/mol. The van der Waals surface area contributed by atoms with Gasteiger partial charge in [0, 0.05) is 11.1 Å². The molecule has 0 spiro atoms. The lowest BCUT2D eigenvalue weighted by Gasteiger charge is -2.24. The Morgan fingerprint density at radius 3 is 2.83 bits per heavy atom. The Morgan fingerprint density at radius 2 is 2.17 bits per heavy atom.